The number of hydrogen-bond acceptors (Lipinski definition) is 3. The smallest absolute Gasteiger partial charge is 0.258 e. The van der Waals surface area contributed by atoms with Crippen molar-refractivity contribution in [3.63, 3.8) is 0 Å². The molecular weight excluding hydrogens is 348 g/mol. The summed E-state index contributed by atoms with van der Waals surface area (Å²) in [5.74, 6) is -0.0457. The molecule has 138 valence electrons. The predicted octanol–water partition coefficient (Wildman–Crippen LogP) is 3.74. The van der Waals surface area contributed by atoms with Gasteiger partial charge in [0.1, 0.15) is 0 Å². The number of aryl methyl sites for hydroxylation is 2. The van der Waals surface area contributed by atoms with Gasteiger partial charge >= 0.3 is 0 Å². The van der Waals surface area contributed by atoms with Gasteiger partial charge in [-0.05, 0) is 56.0 Å². The van der Waals surface area contributed by atoms with Crippen LogP contribution < -0.4 is 9.62 Å². The first-order valence-corrected chi connectivity index (χ1v) is 10.6. The first-order chi connectivity index (χ1) is 12.4. The molecule has 0 aliphatic carbocycles. The summed E-state index contributed by atoms with van der Waals surface area (Å²) in [7, 11) is -3.38. The highest BCUT2D eigenvalue weighted by atomic mass is 32.2. The number of sulfonamides is 1. The summed E-state index contributed by atoms with van der Waals surface area (Å²) in [5.41, 5.74) is 4.22. The summed E-state index contributed by atoms with van der Waals surface area (Å²) >= 11 is 0. The molecule has 0 radical (unpaired) electrons. The normalized spacial score (nSPS) is 14.0. The van der Waals surface area contributed by atoms with Crippen LogP contribution in [0.4, 0.5) is 11.4 Å². The van der Waals surface area contributed by atoms with Gasteiger partial charge in [0.2, 0.25) is 10.0 Å². The zero-order valence-corrected chi connectivity index (χ0v) is 16.0. The molecule has 1 heterocycles. The lowest BCUT2D eigenvalue weighted by Gasteiger charge is -2.30. The SMILES string of the molecule is CCCS(=O)(=O)Nc1cccc(C(=O)N2CCCc3cc(C)ccc32)c1. The Bertz CT molecular complexity index is 922. The Balaban J connectivity index is 1.87. The lowest BCUT2D eigenvalue weighted by molar-refractivity contribution is 0.0985. The van der Waals surface area contributed by atoms with Gasteiger partial charge in [0.15, 0.2) is 0 Å². The van der Waals surface area contributed by atoms with E-state index in [9.17, 15) is 13.2 Å². The van der Waals surface area contributed by atoms with Gasteiger partial charge in [0, 0.05) is 23.5 Å². The molecule has 2 aromatic rings. The van der Waals surface area contributed by atoms with Crippen molar-refractivity contribution in [2.75, 3.05) is 21.9 Å². The Kier molecular flexibility index (Phi) is 5.32. The van der Waals surface area contributed by atoms with Crippen LogP contribution in [0.1, 0.15) is 41.3 Å². The van der Waals surface area contributed by atoms with Crippen LogP contribution in [-0.4, -0.2) is 26.6 Å². The number of fused-ring (bicyclic) bond motifs is 1. The van der Waals surface area contributed by atoms with Crippen molar-refractivity contribution in [3.8, 4) is 0 Å². The van der Waals surface area contributed by atoms with Gasteiger partial charge in [-0.2, -0.15) is 0 Å². The van der Waals surface area contributed by atoms with Gasteiger partial charge in [-0.15, -0.1) is 0 Å². The van der Waals surface area contributed by atoms with Crippen LogP contribution >= 0.6 is 0 Å². The molecular formula is C20H24N2O3S. The summed E-state index contributed by atoms with van der Waals surface area (Å²) in [6, 6.07) is 12.8. The number of anilines is 2. The van der Waals surface area contributed by atoms with E-state index >= 15 is 0 Å². The molecule has 1 amide bonds. The fourth-order valence-electron chi connectivity index (χ4n) is 3.31. The van der Waals surface area contributed by atoms with E-state index in [-0.39, 0.29) is 11.7 Å². The maximum absolute atomic E-state index is 13.0. The van der Waals surface area contributed by atoms with E-state index in [2.05, 4.69) is 10.8 Å². The number of nitrogens with one attached hydrogen (secondary N) is 1. The zero-order valence-electron chi connectivity index (χ0n) is 15.2. The number of rotatable bonds is 5. The molecule has 1 aliphatic heterocycles. The third-order valence-corrected chi connectivity index (χ3v) is 5.95. The van der Waals surface area contributed by atoms with Crippen molar-refractivity contribution in [2.24, 2.45) is 0 Å². The number of carbonyl (C=O) groups excluding carboxylic acids is 1. The molecule has 0 atom stereocenters. The average molecular weight is 372 g/mol. The van der Waals surface area contributed by atoms with E-state index in [4.69, 9.17) is 0 Å². The Labute approximate surface area is 155 Å². The standard InChI is InChI=1S/C20H24N2O3S/c1-3-12-26(24,25)21-18-8-4-6-17(14-18)20(23)22-11-5-7-16-13-15(2)9-10-19(16)22/h4,6,8-10,13-14,21H,3,5,7,11-12H2,1-2H3. The maximum atomic E-state index is 13.0. The van der Waals surface area contributed by atoms with E-state index in [0.717, 1.165) is 18.5 Å². The van der Waals surface area contributed by atoms with Gasteiger partial charge < -0.3 is 4.90 Å². The van der Waals surface area contributed by atoms with E-state index in [0.29, 0.717) is 24.2 Å². The number of hydrogen-bond donors (Lipinski definition) is 1. The molecule has 0 unspecified atom stereocenters. The zero-order chi connectivity index (χ0) is 18.7. The summed E-state index contributed by atoms with van der Waals surface area (Å²) in [4.78, 5) is 14.8. The average Bonchev–Trinajstić information content (AvgIpc) is 2.60. The van der Waals surface area contributed by atoms with E-state index < -0.39 is 10.0 Å². The molecule has 1 aliphatic rings. The van der Waals surface area contributed by atoms with Crippen molar-refractivity contribution in [1.29, 1.82) is 0 Å². The summed E-state index contributed by atoms with van der Waals surface area (Å²) in [5, 5.41) is 0. The van der Waals surface area contributed by atoms with Crippen LogP contribution in [0.5, 0.6) is 0 Å². The van der Waals surface area contributed by atoms with Gasteiger partial charge in [0.25, 0.3) is 5.91 Å². The molecule has 1 N–H and O–H groups in total. The number of carbonyl (C=O) groups is 1. The number of amides is 1. The van der Waals surface area contributed by atoms with Crippen molar-refractivity contribution in [2.45, 2.75) is 33.1 Å². The summed E-state index contributed by atoms with van der Waals surface area (Å²) < 4.78 is 26.5. The van der Waals surface area contributed by atoms with Crippen molar-refractivity contribution < 1.29 is 13.2 Å². The third kappa shape index (κ3) is 4.07. The van der Waals surface area contributed by atoms with Gasteiger partial charge in [-0.3, -0.25) is 9.52 Å². The molecule has 6 heteroatoms. The lowest BCUT2D eigenvalue weighted by atomic mass is 9.99. The molecule has 5 nitrogen and oxygen atoms in total. The third-order valence-electron chi connectivity index (χ3n) is 4.45. The molecule has 0 saturated carbocycles. The highest BCUT2D eigenvalue weighted by molar-refractivity contribution is 7.92. The molecule has 0 bridgehead atoms. The minimum atomic E-state index is -3.38. The van der Waals surface area contributed by atoms with Crippen LogP contribution in [0.3, 0.4) is 0 Å². The second-order valence-corrected chi connectivity index (χ2v) is 8.54. The topological polar surface area (TPSA) is 66.5 Å². The number of benzene rings is 2. The molecule has 0 spiro atoms. The monoisotopic (exact) mass is 372 g/mol. The Hall–Kier alpha value is -2.34. The first kappa shape index (κ1) is 18.5. The van der Waals surface area contributed by atoms with Crippen LogP contribution in [0.15, 0.2) is 42.5 Å². The van der Waals surface area contributed by atoms with E-state index in [1.165, 1.54) is 11.1 Å². The van der Waals surface area contributed by atoms with Crippen LogP contribution in [-0.2, 0) is 16.4 Å². The summed E-state index contributed by atoms with van der Waals surface area (Å²) in [6.45, 7) is 4.53. The highest BCUT2D eigenvalue weighted by Gasteiger charge is 2.24. The van der Waals surface area contributed by atoms with Crippen molar-refractivity contribution in [1.82, 2.24) is 0 Å². The highest BCUT2D eigenvalue weighted by Crippen LogP contribution is 2.29. The van der Waals surface area contributed by atoms with Crippen LogP contribution in [0.2, 0.25) is 0 Å². The predicted molar refractivity (Wildman–Crippen MR) is 105 cm³/mol. The first-order valence-electron chi connectivity index (χ1n) is 8.91. The molecule has 0 saturated heterocycles. The Morgan fingerprint density at radius 3 is 2.77 bits per heavy atom. The van der Waals surface area contributed by atoms with Crippen molar-refractivity contribution in [3.05, 3.63) is 59.2 Å². The van der Waals surface area contributed by atoms with Gasteiger partial charge in [0.05, 0.1) is 5.75 Å². The molecule has 0 aromatic heterocycles. The molecule has 2 aromatic carbocycles. The fraction of sp³-hybridized carbons (Fsp3) is 0.350. The fourth-order valence-corrected chi connectivity index (χ4v) is 4.43. The number of nitrogens with zero attached hydrogens (tertiary/aromatic N) is 1. The van der Waals surface area contributed by atoms with Crippen molar-refractivity contribution >= 4 is 27.3 Å². The largest absolute Gasteiger partial charge is 0.308 e. The molecule has 26 heavy (non-hydrogen) atoms. The Morgan fingerprint density at radius 1 is 1.19 bits per heavy atom. The quantitative estimate of drug-likeness (QED) is 0.869. The second-order valence-electron chi connectivity index (χ2n) is 6.69. The minimum Gasteiger partial charge on any atom is -0.308 e. The Morgan fingerprint density at radius 2 is 2.00 bits per heavy atom. The molecule has 0 fully saturated rings. The van der Waals surface area contributed by atoms with Gasteiger partial charge in [-0.1, -0.05) is 30.7 Å². The second kappa shape index (κ2) is 7.50. The minimum absolute atomic E-state index is 0.0595. The van der Waals surface area contributed by atoms with Gasteiger partial charge in [-0.25, -0.2) is 8.42 Å². The lowest BCUT2D eigenvalue weighted by Crippen LogP contribution is -2.35. The van der Waals surface area contributed by atoms with E-state index in [1.54, 1.807) is 29.2 Å². The maximum Gasteiger partial charge on any atom is 0.258 e. The molecule has 3 rings (SSSR count). The van der Waals surface area contributed by atoms with Crippen LogP contribution in [0.25, 0.3) is 0 Å². The van der Waals surface area contributed by atoms with E-state index in [1.807, 2.05) is 26.0 Å². The summed E-state index contributed by atoms with van der Waals surface area (Å²) in [6.07, 6.45) is 2.43. The van der Waals surface area contributed by atoms with Crippen LogP contribution in [0, 0.1) is 6.92 Å².